The van der Waals surface area contributed by atoms with Crippen molar-refractivity contribution in [2.75, 3.05) is 39.3 Å². The number of aliphatic hydroxyl groups is 1. The van der Waals surface area contributed by atoms with Crippen molar-refractivity contribution < 1.29 is 5.11 Å². The summed E-state index contributed by atoms with van der Waals surface area (Å²) < 4.78 is 0. The molecular weight excluding hydrogens is 250 g/mol. The Morgan fingerprint density at radius 1 is 1.10 bits per heavy atom. The highest BCUT2D eigenvalue weighted by Crippen LogP contribution is 2.28. The fourth-order valence-electron chi connectivity index (χ4n) is 3.74. The third-order valence-corrected chi connectivity index (χ3v) is 4.87. The Kier molecular flexibility index (Phi) is 5.46. The van der Waals surface area contributed by atoms with Gasteiger partial charge in [-0.1, -0.05) is 6.92 Å². The van der Waals surface area contributed by atoms with Gasteiger partial charge in [-0.25, -0.2) is 0 Å². The molecule has 2 fully saturated rings. The Hall–Kier alpha value is -0.160. The van der Waals surface area contributed by atoms with Gasteiger partial charge < -0.3 is 15.7 Å². The van der Waals surface area contributed by atoms with E-state index in [1.165, 1.54) is 25.8 Å². The molecule has 3 atom stereocenters. The second kappa shape index (κ2) is 6.73. The fraction of sp³-hybridized carbons (Fsp3) is 1.00. The van der Waals surface area contributed by atoms with Gasteiger partial charge >= 0.3 is 0 Å². The molecule has 2 rings (SSSR count). The van der Waals surface area contributed by atoms with Crippen LogP contribution in [-0.2, 0) is 0 Å². The summed E-state index contributed by atoms with van der Waals surface area (Å²) in [7, 11) is 0. The van der Waals surface area contributed by atoms with Crippen molar-refractivity contribution in [2.45, 2.75) is 51.7 Å². The molecule has 3 unspecified atom stereocenters. The molecule has 1 saturated carbocycles. The first kappa shape index (κ1) is 16.2. The monoisotopic (exact) mass is 283 g/mol. The zero-order valence-corrected chi connectivity index (χ0v) is 13.5. The number of hydrogen-bond donors (Lipinski definition) is 2. The van der Waals surface area contributed by atoms with Crippen LogP contribution in [0.2, 0.25) is 0 Å². The minimum Gasteiger partial charge on any atom is -0.389 e. The summed E-state index contributed by atoms with van der Waals surface area (Å²) in [6, 6.07) is 0.403. The SMILES string of the molecule is CC1CCC(N)C(CN2CCN(CC(C)(C)O)CC2)C1. The zero-order valence-electron chi connectivity index (χ0n) is 13.5. The van der Waals surface area contributed by atoms with Crippen molar-refractivity contribution in [1.82, 2.24) is 9.80 Å². The molecule has 4 nitrogen and oxygen atoms in total. The molecule has 1 aliphatic carbocycles. The van der Waals surface area contributed by atoms with Crippen LogP contribution in [-0.4, -0.2) is 65.8 Å². The van der Waals surface area contributed by atoms with Crippen LogP contribution in [0.3, 0.4) is 0 Å². The first-order chi connectivity index (χ1) is 9.33. The van der Waals surface area contributed by atoms with E-state index in [0.29, 0.717) is 12.0 Å². The topological polar surface area (TPSA) is 52.7 Å². The van der Waals surface area contributed by atoms with Gasteiger partial charge in [-0.3, -0.25) is 4.90 Å². The van der Waals surface area contributed by atoms with E-state index >= 15 is 0 Å². The van der Waals surface area contributed by atoms with Gasteiger partial charge in [-0.05, 0) is 44.9 Å². The molecule has 0 spiro atoms. The predicted molar refractivity (Wildman–Crippen MR) is 83.7 cm³/mol. The summed E-state index contributed by atoms with van der Waals surface area (Å²) >= 11 is 0. The van der Waals surface area contributed by atoms with Gasteiger partial charge in [0.2, 0.25) is 0 Å². The Bertz CT molecular complexity index is 295. The molecule has 0 aromatic heterocycles. The number of rotatable bonds is 4. The minimum absolute atomic E-state index is 0.403. The normalized spacial score (nSPS) is 34.4. The third kappa shape index (κ3) is 4.99. The second-order valence-electron chi connectivity index (χ2n) is 7.73. The van der Waals surface area contributed by atoms with E-state index in [4.69, 9.17) is 5.73 Å². The molecule has 1 saturated heterocycles. The van der Waals surface area contributed by atoms with Crippen molar-refractivity contribution in [3.05, 3.63) is 0 Å². The molecule has 4 heteroatoms. The highest BCUT2D eigenvalue weighted by atomic mass is 16.3. The van der Waals surface area contributed by atoms with Crippen molar-refractivity contribution in [3.63, 3.8) is 0 Å². The van der Waals surface area contributed by atoms with Crippen LogP contribution in [0, 0.1) is 11.8 Å². The maximum atomic E-state index is 9.89. The highest BCUT2D eigenvalue weighted by Gasteiger charge is 2.29. The standard InChI is InChI=1S/C16H33N3O/c1-13-4-5-15(17)14(10-13)11-18-6-8-19(9-7-18)12-16(2,3)20/h13-15,20H,4-12,17H2,1-3H3. The Balaban J connectivity index is 1.74. The molecule has 1 heterocycles. The third-order valence-electron chi connectivity index (χ3n) is 4.87. The maximum absolute atomic E-state index is 9.89. The van der Waals surface area contributed by atoms with Gasteiger partial charge in [0.25, 0.3) is 0 Å². The average molecular weight is 283 g/mol. The van der Waals surface area contributed by atoms with E-state index in [1.807, 2.05) is 13.8 Å². The lowest BCUT2D eigenvalue weighted by molar-refractivity contribution is 0.0136. The van der Waals surface area contributed by atoms with E-state index in [1.54, 1.807) is 0 Å². The quantitative estimate of drug-likeness (QED) is 0.812. The second-order valence-corrected chi connectivity index (χ2v) is 7.73. The number of nitrogens with two attached hydrogens (primary N) is 1. The zero-order chi connectivity index (χ0) is 14.8. The summed E-state index contributed by atoms with van der Waals surface area (Å²) in [6.07, 6.45) is 3.80. The van der Waals surface area contributed by atoms with E-state index in [0.717, 1.165) is 38.6 Å². The molecule has 2 aliphatic rings. The number of nitrogens with zero attached hydrogens (tertiary/aromatic N) is 2. The smallest absolute Gasteiger partial charge is 0.0718 e. The number of β-amino-alcohol motifs (C(OH)–C–C–N with tert-alkyl or cyclic N) is 1. The summed E-state index contributed by atoms with van der Waals surface area (Å²) in [5, 5.41) is 9.89. The van der Waals surface area contributed by atoms with Crippen LogP contribution in [0.4, 0.5) is 0 Å². The highest BCUT2D eigenvalue weighted by molar-refractivity contribution is 4.85. The summed E-state index contributed by atoms with van der Waals surface area (Å²) in [5.74, 6) is 1.52. The van der Waals surface area contributed by atoms with E-state index in [2.05, 4.69) is 16.7 Å². The largest absolute Gasteiger partial charge is 0.389 e. The van der Waals surface area contributed by atoms with Crippen molar-refractivity contribution in [2.24, 2.45) is 17.6 Å². The van der Waals surface area contributed by atoms with Gasteiger partial charge in [0, 0.05) is 45.3 Å². The van der Waals surface area contributed by atoms with Crippen LogP contribution < -0.4 is 5.73 Å². The lowest BCUT2D eigenvalue weighted by atomic mass is 9.79. The molecule has 0 aromatic carbocycles. The van der Waals surface area contributed by atoms with E-state index < -0.39 is 5.60 Å². The summed E-state index contributed by atoms with van der Waals surface area (Å²) in [6.45, 7) is 12.5. The number of piperazine rings is 1. The first-order valence-corrected chi connectivity index (χ1v) is 8.26. The molecule has 118 valence electrons. The molecular formula is C16H33N3O. The van der Waals surface area contributed by atoms with Gasteiger partial charge in [0.05, 0.1) is 5.60 Å². The number of hydrogen-bond acceptors (Lipinski definition) is 4. The van der Waals surface area contributed by atoms with Crippen molar-refractivity contribution >= 4 is 0 Å². The van der Waals surface area contributed by atoms with Crippen molar-refractivity contribution in [1.29, 1.82) is 0 Å². The van der Waals surface area contributed by atoms with Gasteiger partial charge in [0.1, 0.15) is 0 Å². The molecule has 0 aromatic rings. The van der Waals surface area contributed by atoms with Crippen molar-refractivity contribution in [3.8, 4) is 0 Å². The van der Waals surface area contributed by atoms with Crippen LogP contribution in [0.5, 0.6) is 0 Å². The molecule has 0 radical (unpaired) electrons. The van der Waals surface area contributed by atoms with Gasteiger partial charge in [-0.15, -0.1) is 0 Å². The molecule has 3 N–H and O–H groups in total. The van der Waals surface area contributed by atoms with Crippen LogP contribution >= 0.6 is 0 Å². The lowest BCUT2D eigenvalue weighted by Crippen LogP contribution is -2.52. The lowest BCUT2D eigenvalue weighted by Gasteiger charge is -2.41. The first-order valence-electron chi connectivity index (χ1n) is 8.26. The van der Waals surface area contributed by atoms with E-state index in [9.17, 15) is 5.11 Å². The van der Waals surface area contributed by atoms with E-state index in [-0.39, 0.29) is 0 Å². The fourth-order valence-corrected chi connectivity index (χ4v) is 3.74. The molecule has 0 amide bonds. The Morgan fingerprint density at radius 3 is 2.30 bits per heavy atom. The molecule has 20 heavy (non-hydrogen) atoms. The van der Waals surface area contributed by atoms with Gasteiger partial charge in [0.15, 0.2) is 0 Å². The summed E-state index contributed by atoms with van der Waals surface area (Å²) in [5.41, 5.74) is 5.72. The summed E-state index contributed by atoms with van der Waals surface area (Å²) in [4.78, 5) is 4.95. The minimum atomic E-state index is -0.580. The Labute approximate surface area is 124 Å². The Morgan fingerprint density at radius 2 is 1.70 bits per heavy atom. The van der Waals surface area contributed by atoms with Gasteiger partial charge in [-0.2, -0.15) is 0 Å². The van der Waals surface area contributed by atoms with Crippen LogP contribution in [0.15, 0.2) is 0 Å². The molecule has 1 aliphatic heterocycles. The average Bonchev–Trinajstić information content (AvgIpc) is 2.34. The molecule has 0 bridgehead atoms. The van der Waals surface area contributed by atoms with Crippen LogP contribution in [0.1, 0.15) is 40.0 Å². The van der Waals surface area contributed by atoms with Crippen LogP contribution in [0.25, 0.3) is 0 Å². The maximum Gasteiger partial charge on any atom is 0.0718 e. The predicted octanol–water partition coefficient (Wildman–Crippen LogP) is 1.14.